The van der Waals surface area contributed by atoms with E-state index < -0.39 is 47.5 Å². The quantitative estimate of drug-likeness (QED) is 0.137. The first-order chi connectivity index (χ1) is 22.8. The molecule has 0 N–H and O–H groups in total. The minimum Gasteiger partial charge on any atom is -0.266 e. The average Bonchev–Trinajstić information content (AvgIpc) is 3.37. The number of hydrogen-bond donors (Lipinski definition) is 0. The van der Waals surface area contributed by atoms with Crippen molar-refractivity contribution < 1.29 is 0 Å². The molecule has 268 valence electrons. The predicted molar refractivity (Wildman–Crippen MR) is 243 cm³/mol. The third-order valence-electron chi connectivity index (χ3n) is 14.4. The van der Waals surface area contributed by atoms with E-state index in [9.17, 15) is 0 Å². The molecular formula is C43H67NSi6. The van der Waals surface area contributed by atoms with E-state index in [-0.39, 0.29) is 5.04 Å². The van der Waals surface area contributed by atoms with Gasteiger partial charge >= 0.3 is 0 Å². The van der Waals surface area contributed by atoms with Crippen molar-refractivity contribution in [2.75, 3.05) is 0 Å². The summed E-state index contributed by atoms with van der Waals surface area (Å²) in [6.45, 7) is 46.8. The molecule has 2 fully saturated rings. The summed E-state index contributed by atoms with van der Waals surface area (Å²) < 4.78 is 0.890. The molecule has 6 rings (SSSR count). The monoisotopic (exact) mass is 765 g/mol. The Morgan fingerprint density at radius 2 is 0.940 bits per heavy atom. The molecule has 4 aromatic carbocycles. The van der Waals surface area contributed by atoms with Crippen LogP contribution >= 0.6 is 0 Å². The number of fused-ring (bicyclic) bond motifs is 2. The van der Waals surface area contributed by atoms with Crippen molar-refractivity contribution in [1.29, 1.82) is 0 Å². The van der Waals surface area contributed by atoms with Gasteiger partial charge in [-0.15, -0.1) is 0 Å². The van der Waals surface area contributed by atoms with Gasteiger partial charge in [0.05, 0.1) is 5.69 Å². The second-order valence-electron chi connectivity index (χ2n) is 21.5. The fourth-order valence-corrected chi connectivity index (χ4v) is 108. The summed E-state index contributed by atoms with van der Waals surface area (Å²) in [6, 6.07) is 28.5. The van der Waals surface area contributed by atoms with Gasteiger partial charge in [-0.2, -0.15) is 0 Å². The van der Waals surface area contributed by atoms with Crippen molar-refractivity contribution in [1.82, 2.24) is 0 Å². The fraction of sp³-hybridized carbons (Fsp3) is 0.512. The maximum absolute atomic E-state index is 6.49. The molecule has 4 aromatic rings. The van der Waals surface area contributed by atoms with Gasteiger partial charge in [0.15, 0.2) is 0 Å². The first-order valence-corrected chi connectivity index (χ1v) is 38.4. The van der Waals surface area contributed by atoms with Gasteiger partial charge in [-0.1, -0.05) is 179 Å². The van der Waals surface area contributed by atoms with Crippen LogP contribution in [0.4, 0.5) is 5.69 Å². The van der Waals surface area contributed by atoms with Gasteiger partial charge in [-0.25, -0.2) is 0 Å². The highest BCUT2D eigenvalue weighted by molar-refractivity contribution is 7.97. The Balaban J connectivity index is 2.06. The molecule has 2 aliphatic heterocycles. The topological polar surface area (TPSA) is 12.4 Å². The highest BCUT2D eigenvalue weighted by Gasteiger charge is 2.99. The largest absolute Gasteiger partial charge is 0.266 e. The summed E-state index contributed by atoms with van der Waals surface area (Å²) >= 11 is 0. The van der Waals surface area contributed by atoms with E-state index >= 15 is 0 Å². The van der Waals surface area contributed by atoms with Gasteiger partial charge in [0, 0.05) is 32.3 Å². The number of aryl methyl sites for hydroxylation is 2. The van der Waals surface area contributed by atoms with Crippen molar-refractivity contribution in [3.05, 3.63) is 83.9 Å². The molecule has 0 aromatic heterocycles. The van der Waals surface area contributed by atoms with Crippen LogP contribution < -0.4 is 5.19 Å². The standard InChI is InChI=1S/C43H67NSi6/c1-32-23-22-24-33(2)38(32)44-40-49(41(3,4)5,39-36-27-20-18-25-34(36)31-35-26-19-21-28-37(35)39)50(40)42(45(6,7)8,46(9,10)11)29-30-43(50,47(12,13)14)48(15,16)17/h18-28,31H,29-30H2,1-17H3/t49-/m0/s1. The molecule has 1 atom stereocenters. The third-order valence-corrected chi connectivity index (χ3v) is 71.9. The molecule has 0 bridgehead atoms. The minimum atomic E-state index is -2.62. The summed E-state index contributed by atoms with van der Waals surface area (Å²) in [4.78, 5) is 8.34. The van der Waals surface area contributed by atoms with Crippen LogP contribution in [0.15, 0.2) is 77.8 Å². The molecule has 0 radical (unpaired) electrons. The van der Waals surface area contributed by atoms with Gasteiger partial charge in [-0.05, 0) is 76.3 Å². The van der Waals surface area contributed by atoms with Crippen LogP contribution in [0.2, 0.25) is 92.2 Å². The van der Waals surface area contributed by atoms with Crippen LogP contribution in [0.1, 0.15) is 44.7 Å². The minimum absolute atomic E-state index is 0.112. The van der Waals surface area contributed by atoms with Gasteiger partial charge < -0.3 is 0 Å². The number of benzene rings is 4. The Morgan fingerprint density at radius 1 is 0.560 bits per heavy atom. The highest BCUT2D eigenvalue weighted by atomic mass is 29.3. The number of para-hydroxylation sites is 1. The Bertz CT molecular complexity index is 1880. The van der Waals surface area contributed by atoms with Crippen molar-refractivity contribution in [3.63, 3.8) is 0 Å². The fourth-order valence-electron chi connectivity index (χ4n) is 13.8. The van der Waals surface area contributed by atoms with E-state index in [1.807, 2.05) is 4.96 Å². The number of nitrogens with zero attached hydrogens (tertiary/aromatic N) is 1. The van der Waals surface area contributed by atoms with E-state index in [4.69, 9.17) is 4.99 Å². The smallest absolute Gasteiger partial charge is 0.136 e. The van der Waals surface area contributed by atoms with Crippen LogP contribution in [0, 0.1) is 13.8 Å². The lowest BCUT2D eigenvalue weighted by atomic mass is 10.0. The molecule has 2 aliphatic rings. The summed E-state index contributed by atoms with van der Waals surface area (Å²) in [6.07, 6.45) is 2.91. The van der Waals surface area contributed by atoms with Crippen LogP contribution in [0.5, 0.6) is 0 Å². The van der Waals surface area contributed by atoms with Crippen molar-refractivity contribution in [3.8, 4) is 0 Å². The van der Waals surface area contributed by atoms with Gasteiger partial charge in [0.25, 0.3) is 0 Å². The zero-order valence-electron chi connectivity index (χ0n) is 34.8. The summed E-state index contributed by atoms with van der Waals surface area (Å²) in [7, 11) is -12.4. The Morgan fingerprint density at radius 3 is 1.30 bits per heavy atom. The summed E-state index contributed by atoms with van der Waals surface area (Å²) in [5.74, 6) is 0. The van der Waals surface area contributed by atoms with E-state index in [1.165, 1.54) is 40.4 Å². The number of hydrogen-bond acceptors (Lipinski definition) is 1. The molecule has 0 saturated carbocycles. The van der Waals surface area contributed by atoms with Crippen LogP contribution in [-0.4, -0.2) is 52.4 Å². The first-order valence-electron chi connectivity index (χ1n) is 19.4. The van der Waals surface area contributed by atoms with E-state index in [0.717, 1.165) is 0 Å². The zero-order valence-corrected chi connectivity index (χ0v) is 40.8. The summed E-state index contributed by atoms with van der Waals surface area (Å²) in [5.41, 5.74) is 4.00. The Labute approximate surface area is 311 Å². The van der Waals surface area contributed by atoms with Crippen molar-refractivity contribution >= 4 is 84.9 Å². The molecule has 0 unspecified atom stereocenters. The maximum atomic E-state index is 6.49. The number of aliphatic imine (C=N–C) groups is 1. The average molecular weight is 767 g/mol. The van der Waals surface area contributed by atoms with Gasteiger partial charge in [0.1, 0.15) is 15.2 Å². The molecule has 50 heavy (non-hydrogen) atoms. The van der Waals surface area contributed by atoms with E-state index in [1.54, 1.807) is 16.0 Å². The highest BCUT2D eigenvalue weighted by Crippen LogP contribution is 2.86. The molecule has 2 heterocycles. The number of rotatable bonds is 6. The van der Waals surface area contributed by atoms with Crippen LogP contribution in [-0.2, 0) is 0 Å². The van der Waals surface area contributed by atoms with Crippen molar-refractivity contribution in [2.45, 2.75) is 140 Å². The maximum Gasteiger partial charge on any atom is 0.136 e. The molecule has 1 nitrogen and oxygen atoms in total. The Kier molecular flexibility index (Phi) is 8.72. The van der Waals surface area contributed by atoms with Crippen LogP contribution in [0.25, 0.3) is 21.5 Å². The van der Waals surface area contributed by atoms with Crippen molar-refractivity contribution in [2.24, 2.45) is 4.99 Å². The molecule has 7 heteroatoms. The molecular weight excluding hydrogens is 699 g/mol. The predicted octanol–water partition coefficient (Wildman–Crippen LogP) is 13.2. The van der Waals surface area contributed by atoms with Gasteiger partial charge in [-0.3, -0.25) is 4.99 Å². The molecule has 2 saturated heterocycles. The lowest BCUT2D eigenvalue weighted by Crippen LogP contribution is -2.76. The normalized spacial score (nSPS) is 22.9. The molecule has 1 spiro atoms. The second-order valence-corrected chi connectivity index (χ2v) is 58.5. The van der Waals surface area contributed by atoms with Gasteiger partial charge in [0.2, 0.25) is 0 Å². The summed E-state index contributed by atoms with van der Waals surface area (Å²) in [5, 5.41) is 7.84. The first kappa shape index (κ1) is 38.1. The Hall–Kier alpha value is -1.63. The van der Waals surface area contributed by atoms with Crippen LogP contribution in [0.3, 0.4) is 0 Å². The lowest BCUT2D eigenvalue weighted by Gasteiger charge is -2.63. The molecule has 0 amide bonds. The zero-order chi connectivity index (χ0) is 37.3. The SMILES string of the molecule is Cc1cccc(C)c1N=C1[Si]2(C([Si](C)(C)C)([Si](C)(C)C)CCC2([Si](C)(C)C)[Si](C)(C)C)[Si@]1(c1c2ccccc2cc2ccccc12)C(C)(C)C. The second kappa shape index (κ2) is 11.4. The lowest BCUT2D eigenvalue weighted by molar-refractivity contribution is 0.748. The third kappa shape index (κ3) is 4.52. The van der Waals surface area contributed by atoms with E-state index in [2.05, 4.69) is 186 Å². The molecule has 0 aliphatic carbocycles. The van der Waals surface area contributed by atoms with E-state index in [0.29, 0.717) is 8.57 Å².